The van der Waals surface area contributed by atoms with Gasteiger partial charge in [0.2, 0.25) is 0 Å². The number of hydrogen-bond donors (Lipinski definition) is 1. The zero-order valence-electron chi connectivity index (χ0n) is 13.3. The molecule has 0 aromatic carbocycles. The molecule has 3 fully saturated rings. The van der Waals surface area contributed by atoms with Crippen LogP contribution in [0.5, 0.6) is 0 Å². The first kappa shape index (κ1) is 14.8. The minimum absolute atomic E-state index is 0.460. The Labute approximate surface area is 124 Å². The number of piperidine rings is 1. The van der Waals surface area contributed by atoms with E-state index in [2.05, 4.69) is 16.7 Å². The van der Waals surface area contributed by atoms with Crippen LogP contribution in [0.1, 0.15) is 51.9 Å². The fourth-order valence-corrected chi connectivity index (χ4v) is 4.68. The molecule has 3 aliphatic rings. The Morgan fingerprint density at radius 1 is 1.05 bits per heavy atom. The molecule has 116 valence electrons. The van der Waals surface area contributed by atoms with E-state index in [1.165, 1.54) is 77.7 Å². The fourth-order valence-electron chi connectivity index (χ4n) is 4.68. The van der Waals surface area contributed by atoms with Crippen LogP contribution in [-0.2, 0) is 0 Å². The van der Waals surface area contributed by atoms with Gasteiger partial charge in [-0.05, 0) is 50.5 Å². The highest BCUT2D eigenvalue weighted by molar-refractivity contribution is 4.89. The maximum absolute atomic E-state index is 6.41. The van der Waals surface area contributed by atoms with Gasteiger partial charge in [-0.15, -0.1) is 0 Å². The van der Waals surface area contributed by atoms with E-state index in [-0.39, 0.29) is 0 Å². The van der Waals surface area contributed by atoms with Gasteiger partial charge in [-0.2, -0.15) is 0 Å². The third-order valence-electron chi connectivity index (χ3n) is 6.14. The molecule has 0 bridgehead atoms. The van der Waals surface area contributed by atoms with E-state index in [0.29, 0.717) is 6.04 Å². The monoisotopic (exact) mass is 279 g/mol. The first-order chi connectivity index (χ1) is 9.76. The van der Waals surface area contributed by atoms with Crippen LogP contribution in [0.25, 0.3) is 0 Å². The highest BCUT2D eigenvalue weighted by Crippen LogP contribution is 2.31. The minimum Gasteiger partial charge on any atom is -0.327 e. The molecule has 0 aromatic heterocycles. The molecule has 1 saturated carbocycles. The minimum atomic E-state index is 0.460. The Kier molecular flexibility index (Phi) is 5.00. The summed E-state index contributed by atoms with van der Waals surface area (Å²) in [6, 6.07) is 1.31. The predicted octanol–water partition coefficient (Wildman–Crippen LogP) is 2.31. The van der Waals surface area contributed by atoms with Crippen molar-refractivity contribution in [3.8, 4) is 0 Å². The van der Waals surface area contributed by atoms with Gasteiger partial charge in [0.25, 0.3) is 0 Å². The average molecular weight is 279 g/mol. The maximum Gasteiger partial charge on any atom is 0.0223 e. The second kappa shape index (κ2) is 6.76. The molecule has 3 nitrogen and oxygen atoms in total. The molecule has 0 amide bonds. The molecule has 4 unspecified atom stereocenters. The number of hydrogen-bond acceptors (Lipinski definition) is 3. The lowest BCUT2D eigenvalue weighted by atomic mass is 9.77. The van der Waals surface area contributed by atoms with Crippen molar-refractivity contribution in [3.05, 3.63) is 0 Å². The van der Waals surface area contributed by atoms with Gasteiger partial charge in [-0.3, -0.25) is 4.90 Å². The smallest absolute Gasteiger partial charge is 0.0223 e. The van der Waals surface area contributed by atoms with Crippen molar-refractivity contribution in [2.45, 2.75) is 64.0 Å². The summed E-state index contributed by atoms with van der Waals surface area (Å²) >= 11 is 0. The number of nitrogens with zero attached hydrogens (tertiary/aromatic N) is 2. The summed E-state index contributed by atoms with van der Waals surface area (Å²) in [5, 5.41) is 0. The molecule has 2 N–H and O–H groups in total. The summed E-state index contributed by atoms with van der Waals surface area (Å²) in [7, 11) is 0. The van der Waals surface area contributed by atoms with Crippen LogP contribution < -0.4 is 5.73 Å². The van der Waals surface area contributed by atoms with Gasteiger partial charge in [0.05, 0.1) is 0 Å². The third kappa shape index (κ3) is 3.37. The summed E-state index contributed by atoms with van der Waals surface area (Å²) in [6.07, 6.45) is 9.63. The van der Waals surface area contributed by atoms with Gasteiger partial charge < -0.3 is 10.6 Å². The molecule has 2 saturated heterocycles. The third-order valence-corrected chi connectivity index (χ3v) is 6.14. The SMILES string of the molecule is CCC1CCC(N)C(CN2CCN3CCCCC3C2)C1. The molecule has 0 spiro atoms. The lowest BCUT2D eigenvalue weighted by Gasteiger charge is -2.46. The zero-order valence-corrected chi connectivity index (χ0v) is 13.3. The van der Waals surface area contributed by atoms with Crippen LogP contribution in [0.3, 0.4) is 0 Å². The molecule has 20 heavy (non-hydrogen) atoms. The van der Waals surface area contributed by atoms with Gasteiger partial charge in [0.1, 0.15) is 0 Å². The average Bonchev–Trinajstić information content (AvgIpc) is 2.49. The van der Waals surface area contributed by atoms with E-state index in [0.717, 1.165) is 17.9 Å². The van der Waals surface area contributed by atoms with Crippen LogP contribution >= 0.6 is 0 Å². The lowest BCUT2D eigenvalue weighted by Crippen LogP contribution is -2.56. The van der Waals surface area contributed by atoms with Crippen LogP contribution in [0.15, 0.2) is 0 Å². The molecule has 1 aliphatic carbocycles. The fraction of sp³-hybridized carbons (Fsp3) is 1.00. The van der Waals surface area contributed by atoms with E-state index in [1.54, 1.807) is 0 Å². The number of nitrogens with two attached hydrogens (primary N) is 1. The highest BCUT2D eigenvalue weighted by Gasteiger charge is 2.33. The van der Waals surface area contributed by atoms with Gasteiger partial charge in [0, 0.05) is 38.3 Å². The van der Waals surface area contributed by atoms with Gasteiger partial charge in [-0.25, -0.2) is 0 Å². The molecular weight excluding hydrogens is 246 g/mol. The lowest BCUT2D eigenvalue weighted by molar-refractivity contribution is 0.0334. The Bertz CT molecular complexity index is 307. The van der Waals surface area contributed by atoms with Gasteiger partial charge in [0.15, 0.2) is 0 Å². The Balaban J connectivity index is 1.52. The van der Waals surface area contributed by atoms with E-state index in [4.69, 9.17) is 5.73 Å². The Morgan fingerprint density at radius 2 is 1.95 bits per heavy atom. The molecule has 3 heteroatoms. The Morgan fingerprint density at radius 3 is 2.80 bits per heavy atom. The first-order valence-electron chi connectivity index (χ1n) is 8.98. The summed E-state index contributed by atoms with van der Waals surface area (Å²) in [6.45, 7) is 8.83. The first-order valence-corrected chi connectivity index (χ1v) is 8.98. The highest BCUT2D eigenvalue weighted by atomic mass is 15.3. The molecule has 0 aromatic rings. The van der Waals surface area contributed by atoms with E-state index in [9.17, 15) is 0 Å². The van der Waals surface area contributed by atoms with E-state index >= 15 is 0 Å². The predicted molar refractivity (Wildman–Crippen MR) is 84.7 cm³/mol. The van der Waals surface area contributed by atoms with E-state index < -0.39 is 0 Å². The molecule has 0 radical (unpaired) electrons. The van der Waals surface area contributed by atoms with Crippen molar-refractivity contribution in [2.24, 2.45) is 17.6 Å². The van der Waals surface area contributed by atoms with Crippen molar-refractivity contribution >= 4 is 0 Å². The van der Waals surface area contributed by atoms with Crippen LogP contribution in [0.2, 0.25) is 0 Å². The quantitative estimate of drug-likeness (QED) is 0.860. The second-order valence-corrected chi connectivity index (χ2v) is 7.46. The standard InChI is InChI=1S/C17H33N3/c1-2-14-6-7-17(18)15(11-14)12-19-9-10-20-8-4-3-5-16(20)13-19/h14-17H,2-13,18H2,1H3. The van der Waals surface area contributed by atoms with Crippen molar-refractivity contribution < 1.29 is 0 Å². The molecule has 3 rings (SSSR count). The van der Waals surface area contributed by atoms with Crippen LogP contribution in [0.4, 0.5) is 0 Å². The molecule has 2 aliphatic heterocycles. The summed E-state index contributed by atoms with van der Waals surface area (Å²) in [5.74, 6) is 1.69. The number of piperazine rings is 1. The zero-order chi connectivity index (χ0) is 13.9. The van der Waals surface area contributed by atoms with Gasteiger partial charge >= 0.3 is 0 Å². The van der Waals surface area contributed by atoms with Crippen LogP contribution in [0, 0.1) is 11.8 Å². The molecule has 4 atom stereocenters. The summed E-state index contributed by atoms with van der Waals surface area (Å²) < 4.78 is 0. The molecular formula is C17H33N3. The summed E-state index contributed by atoms with van der Waals surface area (Å²) in [5.41, 5.74) is 6.41. The van der Waals surface area contributed by atoms with Crippen molar-refractivity contribution in [3.63, 3.8) is 0 Å². The van der Waals surface area contributed by atoms with Crippen molar-refractivity contribution in [1.29, 1.82) is 0 Å². The maximum atomic E-state index is 6.41. The second-order valence-electron chi connectivity index (χ2n) is 7.46. The van der Waals surface area contributed by atoms with Gasteiger partial charge in [-0.1, -0.05) is 19.8 Å². The number of rotatable bonds is 3. The summed E-state index contributed by atoms with van der Waals surface area (Å²) in [4.78, 5) is 5.46. The topological polar surface area (TPSA) is 32.5 Å². The molecule has 2 heterocycles. The number of fused-ring (bicyclic) bond motifs is 1. The van der Waals surface area contributed by atoms with Crippen LogP contribution in [-0.4, -0.2) is 54.6 Å². The largest absolute Gasteiger partial charge is 0.327 e. The van der Waals surface area contributed by atoms with Crippen molar-refractivity contribution in [2.75, 3.05) is 32.7 Å². The van der Waals surface area contributed by atoms with Crippen molar-refractivity contribution in [1.82, 2.24) is 9.80 Å². The van der Waals surface area contributed by atoms with E-state index in [1.807, 2.05) is 0 Å². The Hall–Kier alpha value is -0.120. The normalized spacial score (nSPS) is 40.5.